The average Bonchev–Trinajstić information content (AvgIpc) is 2.61. The lowest BCUT2D eigenvalue weighted by Gasteiger charge is -2.29. The van der Waals surface area contributed by atoms with E-state index in [-0.39, 0.29) is 51.5 Å². The van der Waals surface area contributed by atoms with Gasteiger partial charge in [0.25, 0.3) is 0 Å². The minimum atomic E-state index is -4.67. The number of carbonyl (C=O) groups is 2. The molecule has 1 atom stereocenters. The van der Waals surface area contributed by atoms with E-state index in [1.807, 2.05) is 0 Å². The van der Waals surface area contributed by atoms with Crippen molar-refractivity contribution in [1.29, 1.82) is 0 Å². The zero-order valence-electron chi connectivity index (χ0n) is 13.4. The van der Waals surface area contributed by atoms with Gasteiger partial charge in [-0.3, -0.25) is 14.5 Å². The molecule has 6 nitrogen and oxygen atoms in total. The van der Waals surface area contributed by atoms with Crippen LogP contribution in [-0.2, 0) is 14.3 Å². The molecule has 0 aromatic rings. The van der Waals surface area contributed by atoms with Gasteiger partial charge in [0.15, 0.2) is 5.60 Å². The monoisotopic (exact) mass is 340 g/mol. The minimum Gasteiger partial charge on any atom is -0.465 e. The van der Waals surface area contributed by atoms with Gasteiger partial charge in [-0.05, 0) is 32.7 Å². The maximum absolute atomic E-state index is 12.8. The first-order valence-electron chi connectivity index (χ1n) is 7.50. The Labute approximate surface area is 133 Å². The number of amides is 1. The molecule has 1 saturated heterocycles. The van der Waals surface area contributed by atoms with Crippen LogP contribution in [0.3, 0.4) is 0 Å². The van der Waals surface area contributed by atoms with Crippen molar-refractivity contribution in [3.8, 4) is 0 Å². The molecule has 0 bridgehead atoms. The Morgan fingerprint density at radius 1 is 1.30 bits per heavy atom. The lowest BCUT2D eigenvalue weighted by Crippen LogP contribution is -2.46. The number of rotatable bonds is 5. The van der Waals surface area contributed by atoms with Gasteiger partial charge in [-0.1, -0.05) is 0 Å². The summed E-state index contributed by atoms with van der Waals surface area (Å²) in [7, 11) is 1.43. The Bertz CT molecular complexity index is 431. The third-order valence-electron chi connectivity index (χ3n) is 3.89. The van der Waals surface area contributed by atoms with Gasteiger partial charge in [-0.15, -0.1) is 0 Å². The molecule has 1 aliphatic rings. The number of carbonyl (C=O) groups excluding carboxylic acids is 2. The Morgan fingerprint density at radius 2 is 1.96 bits per heavy atom. The first-order chi connectivity index (χ1) is 10.6. The van der Waals surface area contributed by atoms with Crippen LogP contribution in [0.1, 0.15) is 26.2 Å². The molecular formula is C14H23F3N2O4. The van der Waals surface area contributed by atoms with Crippen molar-refractivity contribution in [3.63, 3.8) is 0 Å². The molecule has 1 rings (SSSR count). The van der Waals surface area contributed by atoms with Crippen LogP contribution in [0.4, 0.5) is 13.2 Å². The van der Waals surface area contributed by atoms with E-state index in [9.17, 15) is 27.9 Å². The van der Waals surface area contributed by atoms with Crippen LogP contribution in [0.2, 0.25) is 0 Å². The highest BCUT2D eigenvalue weighted by molar-refractivity contribution is 5.83. The summed E-state index contributed by atoms with van der Waals surface area (Å²) >= 11 is 0. The molecule has 1 heterocycles. The summed E-state index contributed by atoms with van der Waals surface area (Å²) in [5.74, 6) is -0.916. The van der Waals surface area contributed by atoms with Gasteiger partial charge in [0, 0.05) is 13.6 Å². The minimum absolute atomic E-state index is 0.0327. The number of hydrogen-bond acceptors (Lipinski definition) is 5. The molecule has 1 aliphatic heterocycles. The molecule has 0 aromatic heterocycles. The molecule has 0 spiro atoms. The van der Waals surface area contributed by atoms with Crippen LogP contribution in [0, 0.1) is 0 Å². The predicted molar refractivity (Wildman–Crippen MR) is 75.6 cm³/mol. The maximum Gasteiger partial charge on any atom is 0.417 e. The number of alkyl halides is 3. The van der Waals surface area contributed by atoms with Crippen molar-refractivity contribution in [2.75, 3.05) is 39.8 Å². The highest BCUT2D eigenvalue weighted by Gasteiger charge is 2.53. The highest BCUT2D eigenvalue weighted by atomic mass is 19.4. The summed E-state index contributed by atoms with van der Waals surface area (Å²) in [6.07, 6.45) is -5.37. The van der Waals surface area contributed by atoms with E-state index in [4.69, 9.17) is 4.74 Å². The van der Waals surface area contributed by atoms with Gasteiger partial charge >= 0.3 is 12.1 Å². The van der Waals surface area contributed by atoms with Crippen molar-refractivity contribution in [1.82, 2.24) is 9.80 Å². The fourth-order valence-electron chi connectivity index (χ4n) is 2.42. The summed E-state index contributed by atoms with van der Waals surface area (Å²) in [4.78, 5) is 26.1. The van der Waals surface area contributed by atoms with Gasteiger partial charge in [-0.25, -0.2) is 0 Å². The molecule has 1 amide bonds. The largest absolute Gasteiger partial charge is 0.465 e. The van der Waals surface area contributed by atoms with E-state index in [1.54, 1.807) is 11.8 Å². The van der Waals surface area contributed by atoms with Crippen LogP contribution < -0.4 is 0 Å². The number of esters is 1. The number of hydrogen-bond donors (Lipinski definition) is 1. The average molecular weight is 340 g/mol. The van der Waals surface area contributed by atoms with E-state index in [0.29, 0.717) is 0 Å². The van der Waals surface area contributed by atoms with Crippen molar-refractivity contribution < 1.29 is 32.6 Å². The lowest BCUT2D eigenvalue weighted by atomic mass is 9.94. The van der Waals surface area contributed by atoms with E-state index in [1.165, 1.54) is 11.9 Å². The normalized spacial score (nSPS) is 23.2. The van der Waals surface area contributed by atoms with E-state index in [0.717, 1.165) is 0 Å². The Morgan fingerprint density at radius 3 is 2.52 bits per heavy atom. The fraction of sp³-hybridized carbons (Fsp3) is 0.857. The standard InChI is InChI=1S/C14H23F3N2O4/c1-3-23-12(21)10-18(2)11(20)9-19-7-4-5-13(22,6-8-19)14(15,16)17/h22H,3-10H2,1-2H3. The second-order valence-corrected chi connectivity index (χ2v) is 5.71. The van der Waals surface area contributed by atoms with Crippen molar-refractivity contribution in [2.24, 2.45) is 0 Å². The number of likely N-dealkylation sites (tertiary alicyclic amines) is 1. The molecular weight excluding hydrogens is 317 g/mol. The summed E-state index contributed by atoms with van der Waals surface area (Å²) in [6, 6.07) is 0. The van der Waals surface area contributed by atoms with Crippen molar-refractivity contribution >= 4 is 11.9 Å². The number of aliphatic hydroxyl groups is 1. The zero-order chi connectivity index (χ0) is 17.7. The van der Waals surface area contributed by atoms with Crippen LogP contribution in [0.25, 0.3) is 0 Å². The second kappa shape index (κ2) is 7.96. The van der Waals surface area contributed by atoms with Gasteiger partial charge in [0.1, 0.15) is 6.54 Å². The molecule has 134 valence electrons. The molecule has 9 heteroatoms. The Hall–Kier alpha value is -1.35. The second-order valence-electron chi connectivity index (χ2n) is 5.71. The lowest BCUT2D eigenvalue weighted by molar-refractivity contribution is -0.263. The molecule has 1 fully saturated rings. The van der Waals surface area contributed by atoms with Crippen molar-refractivity contribution in [3.05, 3.63) is 0 Å². The molecule has 0 aromatic carbocycles. The van der Waals surface area contributed by atoms with Crippen LogP contribution in [0.15, 0.2) is 0 Å². The number of ether oxygens (including phenoxy) is 1. The summed E-state index contributed by atoms with van der Waals surface area (Å²) < 4.78 is 43.3. The zero-order valence-corrected chi connectivity index (χ0v) is 13.4. The SMILES string of the molecule is CCOC(=O)CN(C)C(=O)CN1CCCC(O)(C(F)(F)F)CC1. The number of halogens is 3. The van der Waals surface area contributed by atoms with Crippen molar-refractivity contribution in [2.45, 2.75) is 38.0 Å². The van der Waals surface area contributed by atoms with Crippen LogP contribution >= 0.6 is 0 Å². The highest BCUT2D eigenvalue weighted by Crippen LogP contribution is 2.38. The number of likely N-dealkylation sites (N-methyl/N-ethyl adjacent to an activating group) is 1. The summed E-state index contributed by atoms with van der Waals surface area (Å²) in [6.45, 7) is 1.82. The van der Waals surface area contributed by atoms with E-state index in [2.05, 4.69) is 0 Å². The van der Waals surface area contributed by atoms with Crippen LogP contribution in [0.5, 0.6) is 0 Å². The quantitative estimate of drug-likeness (QED) is 0.749. The molecule has 0 aliphatic carbocycles. The topological polar surface area (TPSA) is 70.1 Å². The first-order valence-corrected chi connectivity index (χ1v) is 7.50. The molecule has 0 radical (unpaired) electrons. The van der Waals surface area contributed by atoms with Gasteiger partial charge in [0.05, 0.1) is 13.2 Å². The molecule has 1 unspecified atom stereocenters. The smallest absolute Gasteiger partial charge is 0.417 e. The van der Waals surface area contributed by atoms with E-state index >= 15 is 0 Å². The van der Waals surface area contributed by atoms with Gasteiger partial charge in [0.2, 0.25) is 5.91 Å². The van der Waals surface area contributed by atoms with Gasteiger partial charge < -0.3 is 14.7 Å². The van der Waals surface area contributed by atoms with E-state index < -0.39 is 24.2 Å². The van der Waals surface area contributed by atoms with Gasteiger partial charge in [-0.2, -0.15) is 13.2 Å². The Balaban J connectivity index is 2.52. The first kappa shape index (κ1) is 19.7. The third kappa shape index (κ3) is 5.65. The molecule has 1 N–H and O–H groups in total. The maximum atomic E-state index is 12.8. The molecule has 23 heavy (non-hydrogen) atoms. The number of nitrogens with zero attached hydrogens (tertiary/aromatic N) is 2. The molecule has 0 saturated carbocycles. The summed E-state index contributed by atoms with van der Waals surface area (Å²) in [5, 5.41) is 9.72. The Kier molecular flexibility index (Phi) is 6.82. The summed E-state index contributed by atoms with van der Waals surface area (Å²) in [5.41, 5.74) is -2.69. The fourth-order valence-corrected chi connectivity index (χ4v) is 2.42. The third-order valence-corrected chi connectivity index (χ3v) is 3.89. The van der Waals surface area contributed by atoms with Crippen LogP contribution in [-0.4, -0.2) is 78.4 Å². The predicted octanol–water partition coefficient (Wildman–Crippen LogP) is 0.787.